The third kappa shape index (κ3) is 3.22. The smallest absolute Gasteiger partial charge is 0.123 e. The Morgan fingerprint density at radius 1 is 1.40 bits per heavy atom. The molecule has 0 aliphatic heterocycles. The minimum Gasteiger partial charge on any atom is -0.496 e. The summed E-state index contributed by atoms with van der Waals surface area (Å²) in [6.07, 6.45) is 1.05. The van der Waals surface area contributed by atoms with Gasteiger partial charge in [0.25, 0.3) is 0 Å². The Bertz CT molecular complexity index is 289. The maximum Gasteiger partial charge on any atom is 0.123 e. The lowest BCUT2D eigenvalue weighted by Crippen LogP contribution is -2.25. The van der Waals surface area contributed by atoms with Gasteiger partial charge in [-0.1, -0.05) is 25.1 Å². The minimum absolute atomic E-state index is 0.0406. The average Bonchev–Trinajstić information content (AvgIpc) is 2.30. The Kier molecular flexibility index (Phi) is 5.15. The van der Waals surface area contributed by atoms with Crippen LogP contribution in [-0.4, -0.2) is 25.4 Å². The minimum atomic E-state index is -0.0406. The summed E-state index contributed by atoms with van der Waals surface area (Å²) in [5.41, 5.74) is 1.01. The summed E-state index contributed by atoms with van der Waals surface area (Å²) in [6, 6.07) is 7.72. The van der Waals surface area contributed by atoms with Crippen LogP contribution < -0.4 is 10.1 Å². The van der Waals surface area contributed by atoms with Crippen molar-refractivity contribution in [3.05, 3.63) is 29.8 Å². The predicted octanol–water partition coefficient (Wildman–Crippen LogP) is 1.73. The highest BCUT2D eigenvalue weighted by molar-refractivity contribution is 5.35. The SMILES string of the molecule is CCCNC(CO)c1ccccc1OC. The summed E-state index contributed by atoms with van der Waals surface area (Å²) in [4.78, 5) is 0. The number of ether oxygens (including phenoxy) is 1. The zero-order valence-electron chi connectivity index (χ0n) is 9.36. The van der Waals surface area contributed by atoms with Gasteiger partial charge in [-0.25, -0.2) is 0 Å². The second-order valence-corrected chi connectivity index (χ2v) is 3.43. The molecule has 1 aromatic carbocycles. The molecule has 84 valence electrons. The number of benzene rings is 1. The van der Waals surface area contributed by atoms with E-state index in [4.69, 9.17) is 4.74 Å². The lowest BCUT2D eigenvalue weighted by atomic mass is 10.1. The Morgan fingerprint density at radius 3 is 2.73 bits per heavy atom. The first-order valence-corrected chi connectivity index (χ1v) is 5.30. The van der Waals surface area contributed by atoms with Crippen LogP contribution in [0.25, 0.3) is 0 Å². The van der Waals surface area contributed by atoms with Crippen LogP contribution in [0.2, 0.25) is 0 Å². The van der Waals surface area contributed by atoms with Crippen LogP contribution in [0.5, 0.6) is 5.75 Å². The largest absolute Gasteiger partial charge is 0.496 e. The zero-order chi connectivity index (χ0) is 11.1. The molecule has 0 aliphatic rings. The van der Waals surface area contributed by atoms with Crippen molar-refractivity contribution in [1.82, 2.24) is 5.32 Å². The van der Waals surface area contributed by atoms with Crippen LogP contribution in [0.15, 0.2) is 24.3 Å². The molecule has 0 fully saturated rings. The number of hydrogen-bond donors (Lipinski definition) is 2. The fraction of sp³-hybridized carbons (Fsp3) is 0.500. The first-order chi connectivity index (χ1) is 7.33. The molecular formula is C12H19NO2. The van der Waals surface area contributed by atoms with Gasteiger partial charge in [-0.15, -0.1) is 0 Å². The van der Waals surface area contributed by atoms with Crippen molar-refractivity contribution >= 4 is 0 Å². The number of aliphatic hydroxyl groups is 1. The molecule has 0 bridgehead atoms. The number of nitrogens with one attached hydrogen (secondary N) is 1. The molecule has 3 heteroatoms. The van der Waals surface area contributed by atoms with Crippen molar-refractivity contribution in [2.24, 2.45) is 0 Å². The van der Waals surface area contributed by atoms with E-state index in [9.17, 15) is 5.11 Å². The van der Waals surface area contributed by atoms with Gasteiger partial charge in [0.2, 0.25) is 0 Å². The number of rotatable bonds is 6. The van der Waals surface area contributed by atoms with E-state index in [0.29, 0.717) is 0 Å². The Hall–Kier alpha value is -1.06. The Labute approximate surface area is 91.1 Å². The van der Waals surface area contributed by atoms with Gasteiger partial charge in [0.15, 0.2) is 0 Å². The summed E-state index contributed by atoms with van der Waals surface area (Å²) in [5, 5.41) is 12.6. The van der Waals surface area contributed by atoms with Crippen LogP contribution in [0.1, 0.15) is 24.9 Å². The predicted molar refractivity (Wildman–Crippen MR) is 61.1 cm³/mol. The lowest BCUT2D eigenvalue weighted by Gasteiger charge is -2.18. The molecule has 0 saturated heterocycles. The van der Waals surface area contributed by atoms with Gasteiger partial charge in [-0.2, -0.15) is 0 Å². The maximum absolute atomic E-state index is 9.31. The topological polar surface area (TPSA) is 41.5 Å². The van der Waals surface area contributed by atoms with Gasteiger partial charge < -0.3 is 15.2 Å². The summed E-state index contributed by atoms with van der Waals surface area (Å²) >= 11 is 0. The van der Waals surface area contributed by atoms with Gasteiger partial charge in [-0.3, -0.25) is 0 Å². The van der Waals surface area contributed by atoms with Gasteiger partial charge in [0, 0.05) is 5.56 Å². The second kappa shape index (κ2) is 6.43. The standard InChI is InChI=1S/C12H19NO2/c1-3-8-13-11(9-14)10-6-4-5-7-12(10)15-2/h4-7,11,13-14H,3,8-9H2,1-2H3. The lowest BCUT2D eigenvalue weighted by molar-refractivity contribution is 0.241. The molecule has 0 amide bonds. The normalized spacial score (nSPS) is 12.5. The monoisotopic (exact) mass is 209 g/mol. The highest BCUT2D eigenvalue weighted by atomic mass is 16.5. The molecule has 1 atom stereocenters. The van der Waals surface area contributed by atoms with Crippen LogP contribution in [0.3, 0.4) is 0 Å². The van der Waals surface area contributed by atoms with Crippen LogP contribution in [0.4, 0.5) is 0 Å². The van der Waals surface area contributed by atoms with Crippen molar-refractivity contribution in [3.8, 4) is 5.75 Å². The van der Waals surface area contributed by atoms with Gasteiger partial charge in [0.05, 0.1) is 19.8 Å². The molecule has 0 spiro atoms. The van der Waals surface area contributed by atoms with E-state index < -0.39 is 0 Å². The van der Waals surface area contributed by atoms with Crippen molar-refractivity contribution in [2.45, 2.75) is 19.4 Å². The first kappa shape index (κ1) is 12.0. The van der Waals surface area contributed by atoms with Crippen LogP contribution in [0, 0.1) is 0 Å². The van der Waals surface area contributed by atoms with E-state index in [0.717, 1.165) is 24.3 Å². The van der Waals surface area contributed by atoms with Crippen molar-refractivity contribution in [1.29, 1.82) is 0 Å². The molecular weight excluding hydrogens is 190 g/mol. The quantitative estimate of drug-likeness (QED) is 0.749. The molecule has 0 heterocycles. The number of para-hydroxylation sites is 1. The van der Waals surface area contributed by atoms with Gasteiger partial charge >= 0.3 is 0 Å². The molecule has 3 nitrogen and oxygen atoms in total. The second-order valence-electron chi connectivity index (χ2n) is 3.43. The molecule has 0 radical (unpaired) electrons. The van der Waals surface area contributed by atoms with Crippen LogP contribution in [-0.2, 0) is 0 Å². The summed E-state index contributed by atoms with van der Waals surface area (Å²) in [6.45, 7) is 3.08. The number of methoxy groups -OCH3 is 1. The van der Waals surface area contributed by atoms with E-state index in [2.05, 4.69) is 12.2 Å². The van der Waals surface area contributed by atoms with E-state index in [-0.39, 0.29) is 12.6 Å². The average molecular weight is 209 g/mol. The third-order valence-electron chi connectivity index (χ3n) is 2.34. The third-order valence-corrected chi connectivity index (χ3v) is 2.34. The summed E-state index contributed by atoms with van der Waals surface area (Å²) in [7, 11) is 1.65. The highest BCUT2D eigenvalue weighted by Crippen LogP contribution is 2.24. The molecule has 0 saturated carbocycles. The van der Waals surface area contributed by atoms with E-state index in [1.807, 2.05) is 24.3 Å². The molecule has 1 rings (SSSR count). The fourth-order valence-corrected chi connectivity index (χ4v) is 1.55. The van der Waals surface area contributed by atoms with E-state index in [1.54, 1.807) is 7.11 Å². The summed E-state index contributed by atoms with van der Waals surface area (Å²) < 4.78 is 5.26. The van der Waals surface area contributed by atoms with Crippen LogP contribution >= 0.6 is 0 Å². The molecule has 1 aromatic rings. The van der Waals surface area contributed by atoms with Gasteiger partial charge in [0.1, 0.15) is 5.75 Å². The molecule has 0 aromatic heterocycles. The molecule has 2 N–H and O–H groups in total. The number of hydrogen-bond acceptors (Lipinski definition) is 3. The summed E-state index contributed by atoms with van der Waals surface area (Å²) in [5.74, 6) is 0.820. The fourth-order valence-electron chi connectivity index (χ4n) is 1.55. The molecule has 1 unspecified atom stereocenters. The van der Waals surface area contributed by atoms with Crippen molar-refractivity contribution in [3.63, 3.8) is 0 Å². The maximum atomic E-state index is 9.31. The Morgan fingerprint density at radius 2 is 2.13 bits per heavy atom. The van der Waals surface area contributed by atoms with E-state index in [1.165, 1.54) is 0 Å². The number of aliphatic hydroxyl groups excluding tert-OH is 1. The highest BCUT2D eigenvalue weighted by Gasteiger charge is 2.13. The molecule has 15 heavy (non-hydrogen) atoms. The van der Waals surface area contributed by atoms with E-state index >= 15 is 0 Å². The van der Waals surface area contributed by atoms with Crippen molar-refractivity contribution < 1.29 is 9.84 Å². The molecule has 0 aliphatic carbocycles. The zero-order valence-corrected chi connectivity index (χ0v) is 9.36. The van der Waals surface area contributed by atoms with Gasteiger partial charge in [-0.05, 0) is 19.0 Å². The van der Waals surface area contributed by atoms with Crippen molar-refractivity contribution in [2.75, 3.05) is 20.3 Å². The first-order valence-electron chi connectivity index (χ1n) is 5.30. The Balaban J connectivity index is 2.80.